The van der Waals surface area contributed by atoms with Crippen molar-refractivity contribution in [2.75, 3.05) is 12.9 Å². The van der Waals surface area contributed by atoms with Crippen molar-refractivity contribution in [1.29, 1.82) is 0 Å². The molecular weight excluding hydrogens is 310 g/mol. The lowest BCUT2D eigenvalue weighted by Crippen LogP contribution is -2.53. The van der Waals surface area contributed by atoms with Gasteiger partial charge in [-0.1, -0.05) is 37.1 Å². The van der Waals surface area contributed by atoms with Gasteiger partial charge in [0.2, 0.25) is 5.91 Å². The number of hydrogen-bond donors (Lipinski definition) is 1. The van der Waals surface area contributed by atoms with Gasteiger partial charge in [0.25, 0.3) is 0 Å². The van der Waals surface area contributed by atoms with E-state index in [1.54, 1.807) is 13.0 Å². The van der Waals surface area contributed by atoms with Gasteiger partial charge in [0.15, 0.2) is 0 Å². The molecule has 1 rings (SSSR count). The molecule has 21 heavy (non-hydrogen) atoms. The summed E-state index contributed by atoms with van der Waals surface area (Å²) >= 11 is 7.37. The first-order valence-electron chi connectivity index (χ1n) is 6.69. The van der Waals surface area contributed by atoms with Crippen LogP contribution >= 0.6 is 23.4 Å². The Labute approximate surface area is 134 Å². The Morgan fingerprint density at radius 1 is 1.38 bits per heavy atom. The van der Waals surface area contributed by atoms with Crippen LogP contribution in [0.4, 0.5) is 0 Å². The van der Waals surface area contributed by atoms with Gasteiger partial charge in [0.1, 0.15) is 5.54 Å². The number of halogens is 1. The normalized spacial score (nSPS) is 13.3. The second-order valence-electron chi connectivity index (χ2n) is 4.84. The zero-order valence-electron chi connectivity index (χ0n) is 12.4. The van der Waals surface area contributed by atoms with Gasteiger partial charge >= 0.3 is 5.97 Å². The van der Waals surface area contributed by atoms with E-state index >= 15 is 0 Å². The molecule has 6 heteroatoms. The number of rotatable bonds is 7. The number of carbonyl (C=O) groups excluding carboxylic acids is 2. The van der Waals surface area contributed by atoms with E-state index in [9.17, 15) is 9.59 Å². The van der Waals surface area contributed by atoms with Crippen LogP contribution in [0.5, 0.6) is 0 Å². The summed E-state index contributed by atoms with van der Waals surface area (Å²) in [4.78, 5) is 24.7. The van der Waals surface area contributed by atoms with Crippen molar-refractivity contribution in [2.45, 2.75) is 37.1 Å². The molecule has 1 aromatic rings. The van der Waals surface area contributed by atoms with E-state index in [0.29, 0.717) is 11.4 Å². The number of thioether (sulfide) groups is 1. The van der Waals surface area contributed by atoms with E-state index in [2.05, 4.69) is 5.32 Å². The summed E-state index contributed by atoms with van der Waals surface area (Å²) in [5, 5.41) is 3.37. The van der Waals surface area contributed by atoms with Gasteiger partial charge in [-0.3, -0.25) is 4.79 Å². The molecule has 0 saturated heterocycles. The van der Waals surface area contributed by atoms with E-state index in [4.69, 9.17) is 16.3 Å². The van der Waals surface area contributed by atoms with Crippen LogP contribution in [0.2, 0.25) is 5.02 Å². The molecule has 0 aliphatic rings. The molecule has 0 heterocycles. The average molecular weight is 330 g/mol. The largest absolute Gasteiger partial charge is 0.467 e. The van der Waals surface area contributed by atoms with E-state index in [-0.39, 0.29) is 11.7 Å². The fourth-order valence-corrected chi connectivity index (χ4v) is 3.03. The molecule has 1 atom stereocenters. The van der Waals surface area contributed by atoms with Crippen LogP contribution in [-0.2, 0) is 14.3 Å². The predicted molar refractivity (Wildman–Crippen MR) is 85.6 cm³/mol. The Morgan fingerprint density at radius 3 is 2.62 bits per heavy atom. The topological polar surface area (TPSA) is 55.4 Å². The van der Waals surface area contributed by atoms with Gasteiger partial charge in [0.05, 0.1) is 17.9 Å². The summed E-state index contributed by atoms with van der Waals surface area (Å²) in [7, 11) is 1.32. The van der Waals surface area contributed by atoms with E-state index in [1.165, 1.54) is 18.9 Å². The van der Waals surface area contributed by atoms with Gasteiger partial charge in [-0.2, -0.15) is 0 Å². The van der Waals surface area contributed by atoms with Crippen molar-refractivity contribution in [3.8, 4) is 0 Å². The van der Waals surface area contributed by atoms with Crippen LogP contribution < -0.4 is 5.32 Å². The minimum atomic E-state index is -0.984. The van der Waals surface area contributed by atoms with Crippen LogP contribution in [0.25, 0.3) is 0 Å². The van der Waals surface area contributed by atoms with Crippen molar-refractivity contribution in [3.63, 3.8) is 0 Å². The molecule has 0 aliphatic heterocycles. The highest BCUT2D eigenvalue weighted by atomic mass is 35.5. The van der Waals surface area contributed by atoms with E-state index < -0.39 is 11.5 Å². The van der Waals surface area contributed by atoms with E-state index in [1.807, 2.05) is 25.1 Å². The summed E-state index contributed by atoms with van der Waals surface area (Å²) < 4.78 is 4.77. The lowest BCUT2D eigenvalue weighted by Gasteiger charge is -2.27. The maximum Gasteiger partial charge on any atom is 0.331 e. The lowest BCUT2D eigenvalue weighted by molar-refractivity contribution is -0.150. The van der Waals surface area contributed by atoms with Crippen molar-refractivity contribution in [2.24, 2.45) is 0 Å². The molecule has 116 valence electrons. The molecule has 0 fully saturated rings. The number of ether oxygens (including phenoxy) is 1. The molecule has 1 unspecified atom stereocenters. The molecule has 0 saturated carbocycles. The molecular formula is C15H20ClNO3S. The third kappa shape index (κ3) is 5.25. The number of methoxy groups -OCH3 is 1. The minimum Gasteiger partial charge on any atom is -0.467 e. The Kier molecular flexibility index (Phi) is 7.05. The monoisotopic (exact) mass is 329 g/mol. The molecule has 0 spiro atoms. The first kappa shape index (κ1) is 17.9. The van der Waals surface area contributed by atoms with E-state index in [0.717, 1.165) is 11.3 Å². The molecule has 1 aromatic carbocycles. The minimum absolute atomic E-state index is 0.194. The van der Waals surface area contributed by atoms with Crippen molar-refractivity contribution in [1.82, 2.24) is 5.32 Å². The molecule has 1 amide bonds. The van der Waals surface area contributed by atoms with Gasteiger partial charge in [-0.25, -0.2) is 4.79 Å². The second-order valence-corrected chi connectivity index (χ2v) is 6.27. The van der Waals surface area contributed by atoms with Gasteiger partial charge in [-0.05, 0) is 25.5 Å². The highest BCUT2D eigenvalue weighted by molar-refractivity contribution is 8.00. The maximum absolute atomic E-state index is 12.1. The number of amides is 1. The number of esters is 1. The summed E-state index contributed by atoms with van der Waals surface area (Å²) in [6.07, 6.45) is 1.30. The molecule has 1 N–H and O–H groups in total. The van der Waals surface area contributed by atoms with Crippen molar-refractivity contribution < 1.29 is 14.3 Å². The number of nitrogens with one attached hydrogen (secondary N) is 1. The number of benzene rings is 1. The zero-order valence-corrected chi connectivity index (χ0v) is 14.0. The maximum atomic E-state index is 12.1. The predicted octanol–water partition coefficient (Wildman–Crippen LogP) is 3.28. The highest BCUT2D eigenvalue weighted by Gasteiger charge is 2.34. The van der Waals surface area contributed by atoms with Gasteiger partial charge in [0, 0.05) is 4.90 Å². The van der Waals surface area contributed by atoms with Crippen LogP contribution in [-0.4, -0.2) is 30.3 Å². The van der Waals surface area contributed by atoms with Crippen LogP contribution in [0, 0.1) is 0 Å². The summed E-state index contributed by atoms with van der Waals surface area (Å²) in [5.41, 5.74) is -0.984. The molecule has 0 aromatic heterocycles. The van der Waals surface area contributed by atoms with Gasteiger partial charge < -0.3 is 10.1 Å². The molecule has 0 aliphatic carbocycles. The zero-order chi connectivity index (χ0) is 15.9. The Morgan fingerprint density at radius 2 is 2.05 bits per heavy atom. The Bertz CT molecular complexity index is 509. The smallest absolute Gasteiger partial charge is 0.331 e. The average Bonchev–Trinajstić information content (AvgIpc) is 2.45. The van der Waals surface area contributed by atoms with Crippen molar-refractivity contribution in [3.05, 3.63) is 29.3 Å². The number of carbonyl (C=O) groups is 2. The van der Waals surface area contributed by atoms with Crippen LogP contribution in [0.15, 0.2) is 29.2 Å². The van der Waals surface area contributed by atoms with Crippen molar-refractivity contribution >= 4 is 35.2 Å². The Hall–Kier alpha value is -1.20. The molecule has 0 bridgehead atoms. The summed E-state index contributed by atoms with van der Waals surface area (Å²) in [6, 6.07) is 7.33. The number of hydrogen-bond acceptors (Lipinski definition) is 4. The van der Waals surface area contributed by atoms with Crippen LogP contribution in [0.3, 0.4) is 0 Å². The Balaban J connectivity index is 2.63. The fourth-order valence-electron chi connectivity index (χ4n) is 1.99. The molecule has 0 radical (unpaired) electrons. The highest BCUT2D eigenvalue weighted by Crippen LogP contribution is 2.26. The fraction of sp³-hybridized carbons (Fsp3) is 0.467. The second kappa shape index (κ2) is 8.29. The lowest BCUT2D eigenvalue weighted by atomic mass is 9.96. The van der Waals surface area contributed by atoms with Gasteiger partial charge in [-0.15, -0.1) is 11.8 Å². The summed E-state index contributed by atoms with van der Waals surface area (Å²) in [6.45, 7) is 3.63. The SMILES string of the molecule is CCCC(C)(NC(=O)CSc1ccccc1Cl)C(=O)OC. The first-order chi connectivity index (χ1) is 9.92. The standard InChI is InChI=1S/C15H20ClNO3S/c1-4-9-15(2,14(19)20-3)17-13(18)10-21-12-8-6-5-7-11(12)16/h5-8H,4,9-10H2,1-3H3,(H,17,18). The third-order valence-electron chi connectivity index (χ3n) is 3.00. The molecule has 4 nitrogen and oxygen atoms in total. The van der Waals surface area contributed by atoms with Crippen LogP contribution in [0.1, 0.15) is 26.7 Å². The summed E-state index contributed by atoms with van der Waals surface area (Å²) in [5.74, 6) is -0.457. The third-order valence-corrected chi connectivity index (χ3v) is 4.51. The quantitative estimate of drug-likeness (QED) is 0.616. The first-order valence-corrected chi connectivity index (χ1v) is 8.06.